The van der Waals surface area contributed by atoms with Crippen molar-refractivity contribution >= 4 is 12.1 Å². The Morgan fingerprint density at radius 1 is 1.16 bits per heavy atom. The average molecular weight is 350 g/mol. The van der Waals surface area contributed by atoms with Gasteiger partial charge >= 0.3 is 6.18 Å². The molecule has 0 aromatic heterocycles. The van der Waals surface area contributed by atoms with Crippen molar-refractivity contribution in [2.75, 3.05) is 6.61 Å². The quantitative estimate of drug-likeness (QED) is 0.658. The van der Waals surface area contributed by atoms with Gasteiger partial charge in [0, 0.05) is 0 Å². The fourth-order valence-corrected chi connectivity index (χ4v) is 1.99. The highest BCUT2D eigenvalue weighted by Gasteiger charge is 2.29. The maximum Gasteiger partial charge on any atom is 0.416 e. The van der Waals surface area contributed by atoms with E-state index >= 15 is 0 Å². The molecule has 7 heteroatoms. The molecule has 0 spiro atoms. The zero-order valence-corrected chi connectivity index (χ0v) is 13.7. The summed E-state index contributed by atoms with van der Waals surface area (Å²) < 4.78 is 42.8. The number of nitrogens with zero attached hydrogens (tertiary/aromatic N) is 1. The number of amides is 1. The molecule has 0 aliphatic heterocycles. The molecular weight excluding hydrogens is 333 g/mol. The van der Waals surface area contributed by atoms with Crippen LogP contribution < -0.4 is 10.2 Å². The van der Waals surface area contributed by atoms with Gasteiger partial charge in [0.25, 0.3) is 5.91 Å². The van der Waals surface area contributed by atoms with E-state index in [9.17, 15) is 18.0 Å². The van der Waals surface area contributed by atoms with Gasteiger partial charge in [-0.2, -0.15) is 18.3 Å². The van der Waals surface area contributed by atoms with E-state index in [1.807, 2.05) is 26.0 Å². The smallest absolute Gasteiger partial charge is 0.416 e. The molecule has 0 bridgehead atoms. The van der Waals surface area contributed by atoms with Gasteiger partial charge in [-0.15, -0.1) is 0 Å². The highest BCUT2D eigenvalue weighted by atomic mass is 19.4. The van der Waals surface area contributed by atoms with Gasteiger partial charge in [0.2, 0.25) is 0 Å². The van der Waals surface area contributed by atoms with Crippen LogP contribution in [0, 0.1) is 13.8 Å². The number of hydrogen-bond donors (Lipinski definition) is 1. The molecule has 0 atom stereocenters. The number of aryl methyl sites for hydroxylation is 1. The molecule has 0 saturated heterocycles. The zero-order valence-electron chi connectivity index (χ0n) is 13.7. The fourth-order valence-electron chi connectivity index (χ4n) is 1.99. The first kappa shape index (κ1) is 18.5. The lowest BCUT2D eigenvalue weighted by Crippen LogP contribution is -2.24. The summed E-state index contributed by atoms with van der Waals surface area (Å²) in [7, 11) is 0. The van der Waals surface area contributed by atoms with Crippen LogP contribution in [0.15, 0.2) is 47.6 Å². The highest BCUT2D eigenvalue weighted by molar-refractivity contribution is 5.83. The number of nitrogens with one attached hydrogen (secondary N) is 1. The maximum atomic E-state index is 12.5. The number of rotatable bonds is 5. The predicted octanol–water partition coefficient (Wildman–Crippen LogP) is 3.85. The van der Waals surface area contributed by atoms with Crippen LogP contribution in [0.3, 0.4) is 0 Å². The predicted molar refractivity (Wildman–Crippen MR) is 88.6 cm³/mol. The molecule has 0 unspecified atom stereocenters. The number of halogens is 3. The van der Waals surface area contributed by atoms with Crippen LogP contribution in [0.25, 0.3) is 0 Å². The lowest BCUT2D eigenvalue weighted by atomic mass is 10.1. The minimum atomic E-state index is -4.38. The van der Waals surface area contributed by atoms with E-state index in [0.29, 0.717) is 11.3 Å². The molecule has 25 heavy (non-hydrogen) atoms. The Kier molecular flexibility index (Phi) is 5.80. The lowest BCUT2D eigenvalue weighted by molar-refractivity contribution is -0.137. The van der Waals surface area contributed by atoms with Gasteiger partial charge in [-0.1, -0.05) is 24.3 Å². The first-order valence-electron chi connectivity index (χ1n) is 7.45. The molecule has 0 aliphatic rings. The Balaban J connectivity index is 1.85. The number of alkyl halides is 3. The molecular formula is C18H17F3N2O2. The fraction of sp³-hybridized carbons (Fsp3) is 0.222. The molecule has 0 fully saturated rings. The molecule has 0 saturated carbocycles. The molecule has 2 rings (SSSR count). The van der Waals surface area contributed by atoms with Crippen LogP contribution in [-0.4, -0.2) is 18.7 Å². The van der Waals surface area contributed by atoms with Crippen molar-refractivity contribution in [2.24, 2.45) is 5.10 Å². The van der Waals surface area contributed by atoms with Crippen LogP contribution >= 0.6 is 0 Å². The summed E-state index contributed by atoms with van der Waals surface area (Å²) in [6.07, 6.45) is -3.12. The third kappa shape index (κ3) is 5.34. The van der Waals surface area contributed by atoms with Crippen LogP contribution in [-0.2, 0) is 11.0 Å². The number of ether oxygens (including phenoxy) is 1. The van der Waals surface area contributed by atoms with E-state index in [-0.39, 0.29) is 6.61 Å². The van der Waals surface area contributed by atoms with Crippen molar-refractivity contribution in [1.29, 1.82) is 0 Å². The number of benzene rings is 2. The number of carbonyl (C=O) groups is 1. The first-order valence-corrected chi connectivity index (χ1v) is 7.45. The Bertz CT molecular complexity index is 769. The van der Waals surface area contributed by atoms with Crippen molar-refractivity contribution in [3.63, 3.8) is 0 Å². The Morgan fingerprint density at radius 3 is 2.48 bits per heavy atom. The van der Waals surface area contributed by atoms with Gasteiger partial charge in [0.1, 0.15) is 5.75 Å². The van der Waals surface area contributed by atoms with Gasteiger partial charge < -0.3 is 4.74 Å². The van der Waals surface area contributed by atoms with E-state index in [0.717, 1.165) is 23.3 Å². The van der Waals surface area contributed by atoms with Gasteiger partial charge in [0.05, 0.1) is 11.8 Å². The maximum absolute atomic E-state index is 12.5. The normalized spacial score (nSPS) is 11.6. The number of hydrogen-bond acceptors (Lipinski definition) is 3. The van der Waals surface area contributed by atoms with Crippen LogP contribution in [0.5, 0.6) is 5.75 Å². The minimum Gasteiger partial charge on any atom is -0.483 e. The Hall–Kier alpha value is -2.83. The SMILES string of the molecule is Cc1cccc(OCC(=O)NN=Cc2ccc(C(F)(F)F)cc2)c1C. The van der Waals surface area contributed by atoms with E-state index in [1.165, 1.54) is 18.3 Å². The Labute approximate surface area is 143 Å². The van der Waals surface area contributed by atoms with Gasteiger partial charge in [-0.05, 0) is 48.7 Å². The monoisotopic (exact) mass is 350 g/mol. The van der Waals surface area contributed by atoms with Gasteiger partial charge in [0.15, 0.2) is 6.61 Å². The molecule has 0 radical (unpaired) electrons. The van der Waals surface area contributed by atoms with Crippen molar-refractivity contribution in [1.82, 2.24) is 5.43 Å². The summed E-state index contributed by atoms with van der Waals surface area (Å²) in [4.78, 5) is 11.7. The summed E-state index contributed by atoms with van der Waals surface area (Å²) in [6.45, 7) is 3.62. The lowest BCUT2D eigenvalue weighted by Gasteiger charge is -2.09. The third-order valence-electron chi connectivity index (χ3n) is 3.55. The van der Waals surface area contributed by atoms with Gasteiger partial charge in [-0.25, -0.2) is 5.43 Å². The molecule has 132 valence electrons. The summed E-state index contributed by atoms with van der Waals surface area (Å²) in [5, 5.41) is 3.70. The van der Waals surface area contributed by atoms with Crippen molar-refractivity contribution in [2.45, 2.75) is 20.0 Å². The van der Waals surface area contributed by atoms with Crippen molar-refractivity contribution in [3.8, 4) is 5.75 Å². The second-order valence-electron chi connectivity index (χ2n) is 5.40. The van der Waals surface area contributed by atoms with E-state index in [1.54, 1.807) is 6.07 Å². The molecule has 1 N–H and O–H groups in total. The number of hydrazone groups is 1. The number of carbonyl (C=O) groups excluding carboxylic acids is 1. The van der Waals surface area contributed by atoms with Crippen LogP contribution in [0.1, 0.15) is 22.3 Å². The molecule has 2 aromatic rings. The molecule has 1 amide bonds. The summed E-state index contributed by atoms with van der Waals surface area (Å²) in [5.41, 5.74) is 3.96. The second kappa shape index (κ2) is 7.83. The molecule has 0 aliphatic carbocycles. The third-order valence-corrected chi connectivity index (χ3v) is 3.55. The minimum absolute atomic E-state index is 0.214. The largest absolute Gasteiger partial charge is 0.483 e. The topological polar surface area (TPSA) is 50.7 Å². The standard InChI is InChI=1S/C18H17F3N2O2/c1-12-4-3-5-16(13(12)2)25-11-17(24)23-22-10-14-6-8-15(9-7-14)18(19,20)21/h3-10H,11H2,1-2H3,(H,23,24). The first-order chi connectivity index (χ1) is 11.8. The van der Waals surface area contributed by atoms with Crippen LogP contribution in [0.4, 0.5) is 13.2 Å². The van der Waals surface area contributed by atoms with E-state index < -0.39 is 17.6 Å². The van der Waals surface area contributed by atoms with Gasteiger partial charge in [-0.3, -0.25) is 4.79 Å². The summed E-state index contributed by atoms with van der Waals surface area (Å²) in [6, 6.07) is 9.98. The summed E-state index contributed by atoms with van der Waals surface area (Å²) >= 11 is 0. The zero-order chi connectivity index (χ0) is 18.4. The van der Waals surface area contributed by atoms with Crippen molar-refractivity contribution < 1.29 is 22.7 Å². The van der Waals surface area contributed by atoms with E-state index in [4.69, 9.17) is 4.74 Å². The van der Waals surface area contributed by atoms with E-state index in [2.05, 4.69) is 10.5 Å². The van der Waals surface area contributed by atoms with Crippen molar-refractivity contribution in [3.05, 3.63) is 64.7 Å². The highest BCUT2D eigenvalue weighted by Crippen LogP contribution is 2.28. The second-order valence-corrected chi connectivity index (χ2v) is 5.40. The average Bonchev–Trinajstić information content (AvgIpc) is 2.56. The molecule has 4 nitrogen and oxygen atoms in total. The Morgan fingerprint density at radius 2 is 1.84 bits per heavy atom. The van der Waals surface area contributed by atoms with Crippen LogP contribution in [0.2, 0.25) is 0 Å². The molecule has 2 aromatic carbocycles. The summed E-state index contributed by atoms with van der Waals surface area (Å²) in [5.74, 6) is 0.144. The molecule has 0 heterocycles.